The van der Waals surface area contributed by atoms with Crippen LogP contribution in [0.2, 0.25) is 0 Å². The monoisotopic (exact) mass is 331 g/mol. The van der Waals surface area contributed by atoms with Crippen LogP contribution in [0.25, 0.3) is 0 Å². The van der Waals surface area contributed by atoms with Gasteiger partial charge in [0.25, 0.3) is 0 Å². The molecule has 128 valence electrons. The summed E-state index contributed by atoms with van der Waals surface area (Å²) in [7, 11) is 1.62. The molecule has 0 bridgehead atoms. The third-order valence-corrected chi connectivity index (χ3v) is 4.53. The molecule has 0 unspecified atom stereocenters. The lowest BCUT2D eigenvalue weighted by atomic mass is 10.1. The maximum atomic E-state index is 5.27. The Bertz CT molecular complexity index is 651. The summed E-state index contributed by atoms with van der Waals surface area (Å²) in [6.45, 7) is 6.19. The third kappa shape index (κ3) is 3.04. The van der Waals surface area contributed by atoms with E-state index in [-0.39, 0.29) is 0 Å². The van der Waals surface area contributed by atoms with Crippen molar-refractivity contribution in [1.82, 2.24) is 25.0 Å². The minimum atomic E-state index is 0.379. The van der Waals surface area contributed by atoms with Crippen molar-refractivity contribution in [3.8, 4) is 0 Å². The van der Waals surface area contributed by atoms with E-state index >= 15 is 0 Å². The lowest BCUT2D eigenvalue weighted by Crippen LogP contribution is -2.63. The van der Waals surface area contributed by atoms with Crippen molar-refractivity contribution in [2.24, 2.45) is 0 Å². The normalized spacial score (nSPS) is 19.5. The summed E-state index contributed by atoms with van der Waals surface area (Å²) in [5.74, 6) is 1.41. The number of hydrogen-bond acceptors (Lipinski definition) is 9. The van der Waals surface area contributed by atoms with Gasteiger partial charge >= 0.3 is 6.01 Å². The van der Waals surface area contributed by atoms with E-state index in [0.717, 1.165) is 45.2 Å². The number of aromatic nitrogens is 4. The number of anilines is 2. The number of piperazine rings is 1. The van der Waals surface area contributed by atoms with E-state index in [4.69, 9.17) is 9.26 Å². The topological polar surface area (TPSA) is 83.7 Å². The molecule has 0 aromatic carbocycles. The smallest absolute Gasteiger partial charge is 0.324 e. The Morgan fingerprint density at radius 3 is 2.58 bits per heavy atom. The van der Waals surface area contributed by atoms with E-state index in [2.05, 4.69) is 34.8 Å². The molecule has 0 aliphatic carbocycles. The van der Waals surface area contributed by atoms with Gasteiger partial charge in [0.1, 0.15) is 6.61 Å². The molecule has 0 atom stereocenters. The summed E-state index contributed by atoms with van der Waals surface area (Å²) in [6, 6.07) is 2.98. The first-order valence-corrected chi connectivity index (χ1v) is 8.16. The second-order valence-corrected chi connectivity index (χ2v) is 6.06. The highest BCUT2D eigenvalue weighted by Crippen LogP contribution is 2.23. The Labute approximate surface area is 140 Å². The molecule has 0 amide bonds. The van der Waals surface area contributed by atoms with E-state index in [1.54, 1.807) is 19.5 Å². The Balaban J connectivity index is 1.26. The summed E-state index contributed by atoms with van der Waals surface area (Å²) < 4.78 is 10.3. The van der Waals surface area contributed by atoms with E-state index < -0.39 is 0 Å². The third-order valence-electron chi connectivity index (χ3n) is 4.53. The van der Waals surface area contributed by atoms with Crippen molar-refractivity contribution in [2.75, 3.05) is 56.2 Å². The number of ether oxygens (including phenoxy) is 1. The molecule has 2 aromatic rings. The Kier molecular flexibility index (Phi) is 4.26. The van der Waals surface area contributed by atoms with Gasteiger partial charge in [-0.05, 0) is 6.07 Å². The molecule has 4 rings (SSSR count). The maximum Gasteiger partial charge on any atom is 0.324 e. The largest absolute Gasteiger partial charge is 0.377 e. The fourth-order valence-electron chi connectivity index (χ4n) is 3.14. The van der Waals surface area contributed by atoms with Gasteiger partial charge in [-0.25, -0.2) is 9.97 Å². The number of hydrogen-bond donors (Lipinski definition) is 0. The lowest BCUT2D eigenvalue weighted by Gasteiger charge is -2.47. The van der Waals surface area contributed by atoms with Gasteiger partial charge in [-0.2, -0.15) is 4.98 Å². The summed E-state index contributed by atoms with van der Waals surface area (Å²) in [4.78, 5) is 19.9. The highest BCUT2D eigenvalue weighted by Gasteiger charge is 2.36. The highest BCUT2D eigenvalue weighted by molar-refractivity contribution is 5.33. The fourth-order valence-corrected chi connectivity index (χ4v) is 3.14. The van der Waals surface area contributed by atoms with Crippen LogP contribution in [0.4, 0.5) is 12.0 Å². The molecule has 2 aromatic heterocycles. The average Bonchev–Trinajstić information content (AvgIpc) is 3.04. The summed E-state index contributed by atoms with van der Waals surface area (Å²) in [5, 5.41) is 3.90. The van der Waals surface area contributed by atoms with Crippen LogP contribution in [-0.4, -0.2) is 77.4 Å². The summed E-state index contributed by atoms with van der Waals surface area (Å²) in [5.41, 5.74) is 0. The first kappa shape index (κ1) is 15.3. The van der Waals surface area contributed by atoms with Crippen molar-refractivity contribution in [3.05, 3.63) is 24.3 Å². The van der Waals surface area contributed by atoms with E-state index in [1.807, 2.05) is 6.07 Å². The Morgan fingerprint density at radius 2 is 1.88 bits per heavy atom. The van der Waals surface area contributed by atoms with E-state index in [9.17, 15) is 0 Å². The van der Waals surface area contributed by atoms with Gasteiger partial charge in [0.15, 0.2) is 5.82 Å². The number of nitrogens with zero attached hydrogens (tertiary/aromatic N) is 7. The van der Waals surface area contributed by atoms with Crippen LogP contribution >= 0.6 is 0 Å². The van der Waals surface area contributed by atoms with E-state index in [0.29, 0.717) is 24.5 Å². The van der Waals surface area contributed by atoms with Gasteiger partial charge < -0.3 is 19.1 Å². The van der Waals surface area contributed by atoms with Gasteiger partial charge in [0.05, 0.1) is 0 Å². The van der Waals surface area contributed by atoms with Crippen LogP contribution in [0.15, 0.2) is 23.0 Å². The molecule has 0 spiro atoms. The molecule has 2 fully saturated rings. The molecule has 4 heterocycles. The molecule has 0 N–H and O–H groups in total. The number of methoxy groups -OCH3 is 1. The van der Waals surface area contributed by atoms with Gasteiger partial charge in [-0.15, -0.1) is 0 Å². The van der Waals surface area contributed by atoms with Crippen molar-refractivity contribution >= 4 is 12.0 Å². The second kappa shape index (κ2) is 6.70. The molecule has 9 nitrogen and oxygen atoms in total. The SMILES string of the molecule is COCc1noc(N2CC(N3CCN(c4ncccn4)CC3)C2)n1. The highest BCUT2D eigenvalue weighted by atomic mass is 16.5. The van der Waals surface area contributed by atoms with Crippen LogP contribution in [0.1, 0.15) is 5.82 Å². The van der Waals surface area contributed by atoms with Crippen molar-refractivity contribution in [2.45, 2.75) is 12.6 Å². The predicted molar refractivity (Wildman–Crippen MR) is 86.8 cm³/mol. The van der Waals surface area contributed by atoms with E-state index in [1.165, 1.54) is 0 Å². The Hall–Kier alpha value is -2.26. The van der Waals surface area contributed by atoms with Crippen LogP contribution < -0.4 is 9.80 Å². The van der Waals surface area contributed by atoms with Gasteiger partial charge in [0.2, 0.25) is 5.95 Å². The molecule has 2 saturated heterocycles. The molecule has 2 aliphatic heterocycles. The quantitative estimate of drug-likeness (QED) is 0.752. The van der Waals surface area contributed by atoms with Gasteiger partial charge in [-0.1, -0.05) is 5.16 Å². The first-order valence-electron chi connectivity index (χ1n) is 8.16. The van der Waals surface area contributed by atoms with Gasteiger partial charge in [0, 0.05) is 64.8 Å². The summed E-state index contributed by atoms with van der Waals surface area (Å²) >= 11 is 0. The average molecular weight is 331 g/mol. The van der Waals surface area contributed by atoms with Crippen LogP contribution in [-0.2, 0) is 11.3 Å². The predicted octanol–water partition coefficient (Wildman–Crippen LogP) is 0.0168. The van der Waals surface area contributed by atoms with Crippen molar-refractivity contribution in [3.63, 3.8) is 0 Å². The first-order chi connectivity index (χ1) is 11.8. The lowest BCUT2D eigenvalue weighted by molar-refractivity contribution is 0.151. The number of rotatable bonds is 5. The summed E-state index contributed by atoms with van der Waals surface area (Å²) in [6.07, 6.45) is 3.58. The maximum absolute atomic E-state index is 5.27. The molecule has 24 heavy (non-hydrogen) atoms. The molecule has 0 saturated carbocycles. The van der Waals surface area contributed by atoms with Crippen molar-refractivity contribution < 1.29 is 9.26 Å². The second-order valence-electron chi connectivity index (χ2n) is 6.06. The Morgan fingerprint density at radius 1 is 1.12 bits per heavy atom. The minimum Gasteiger partial charge on any atom is -0.377 e. The van der Waals surface area contributed by atoms with Gasteiger partial charge in [-0.3, -0.25) is 4.90 Å². The van der Waals surface area contributed by atoms with Crippen LogP contribution in [0.3, 0.4) is 0 Å². The molecule has 9 heteroatoms. The van der Waals surface area contributed by atoms with Crippen LogP contribution in [0, 0.1) is 0 Å². The van der Waals surface area contributed by atoms with Crippen LogP contribution in [0.5, 0.6) is 0 Å². The zero-order valence-corrected chi connectivity index (χ0v) is 13.7. The fraction of sp³-hybridized carbons (Fsp3) is 0.600. The molecular formula is C15H21N7O2. The zero-order valence-electron chi connectivity index (χ0n) is 13.7. The standard InChI is InChI=1S/C15H21N7O2/c1-23-11-13-18-15(24-19-13)22-9-12(10-22)20-5-7-21(8-6-20)14-16-3-2-4-17-14/h2-4,12H,5-11H2,1H3. The van der Waals surface area contributed by atoms with Crippen molar-refractivity contribution in [1.29, 1.82) is 0 Å². The zero-order chi connectivity index (χ0) is 16.4. The molecule has 0 radical (unpaired) electrons. The minimum absolute atomic E-state index is 0.379. The molecule has 2 aliphatic rings. The molecular weight excluding hydrogens is 310 g/mol.